The van der Waals surface area contributed by atoms with Crippen LogP contribution < -0.4 is 0 Å². The van der Waals surface area contributed by atoms with E-state index in [1.54, 1.807) is 0 Å². The number of likely N-dealkylation sites (tertiary alicyclic amines) is 1. The van der Waals surface area contributed by atoms with Crippen molar-refractivity contribution >= 4 is 15.9 Å². The summed E-state index contributed by atoms with van der Waals surface area (Å²) in [6, 6.07) is 0. The Balaban J connectivity index is 2.12. The zero-order chi connectivity index (χ0) is 13.4. The summed E-state index contributed by atoms with van der Waals surface area (Å²) in [5, 5.41) is 0. The second-order valence-electron chi connectivity index (χ2n) is 5.43. The predicted octanol–water partition coefficient (Wildman–Crippen LogP) is 0.671. The van der Waals surface area contributed by atoms with Crippen molar-refractivity contribution < 1.29 is 13.2 Å². The summed E-state index contributed by atoms with van der Waals surface area (Å²) in [6.07, 6.45) is 4.43. The molecule has 2 fully saturated rings. The van der Waals surface area contributed by atoms with E-state index in [-0.39, 0.29) is 11.3 Å². The van der Waals surface area contributed by atoms with Crippen molar-refractivity contribution in [1.29, 1.82) is 0 Å². The number of nitrogens with zero attached hydrogens (tertiary/aromatic N) is 2. The van der Waals surface area contributed by atoms with Gasteiger partial charge in [0.15, 0.2) is 0 Å². The standard InChI is InChI=1S/C12H22N2O3S/c1-3-13-9-6-12(11(13)15)5-4-8-14(10-7-12)18(2,16)17/h3-10H2,1-2H3. The summed E-state index contributed by atoms with van der Waals surface area (Å²) in [5.41, 5.74) is -0.282. The Bertz CT molecular complexity index is 435. The van der Waals surface area contributed by atoms with Gasteiger partial charge in [0.2, 0.25) is 15.9 Å². The van der Waals surface area contributed by atoms with Crippen molar-refractivity contribution in [2.24, 2.45) is 5.41 Å². The molecule has 18 heavy (non-hydrogen) atoms. The fraction of sp³-hybridized carbons (Fsp3) is 0.917. The Morgan fingerprint density at radius 3 is 2.39 bits per heavy atom. The molecule has 104 valence electrons. The molecule has 0 saturated carbocycles. The quantitative estimate of drug-likeness (QED) is 0.743. The molecule has 2 heterocycles. The number of carbonyl (C=O) groups excluding carboxylic acids is 1. The molecule has 6 heteroatoms. The summed E-state index contributed by atoms with van der Waals surface area (Å²) in [6.45, 7) is 4.63. The summed E-state index contributed by atoms with van der Waals surface area (Å²) < 4.78 is 24.7. The average molecular weight is 274 g/mol. The maximum absolute atomic E-state index is 12.4. The van der Waals surface area contributed by atoms with Gasteiger partial charge in [-0.25, -0.2) is 12.7 Å². The molecule has 2 aliphatic heterocycles. The van der Waals surface area contributed by atoms with Crippen molar-refractivity contribution in [3.63, 3.8) is 0 Å². The van der Waals surface area contributed by atoms with E-state index in [2.05, 4.69) is 0 Å². The van der Waals surface area contributed by atoms with E-state index in [1.165, 1.54) is 10.6 Å². The van der Waals surface area contributed by atoms with Crippen LogP contribution in [-0.4, -0.2) is 56.0 Å². The van der Waals surface area contributed by atoms with Gasteiger partial charge in [-0.05, 0) is 32.6 Å². The lowest BCUT2D eigenvalue weighted by Gasteiger charge is -2.26. The second kappa shape index (κ2) is 4.81. The highest BCUT2D eigenvalue weighted by Gasteiger charge is 2.46. The van der Waals surface area contributed by atoms with Crippen molar-refractivity contribution in [1.82, 2.24) is 9.21 Å². The van der Waals surface area contributed by atoms with Gasteiger partial charge in [0.1, 0.15) is 0 Å². The van der Waals surface area contributed by atoms with Crippen LogP contribution in [0.1, 0.15) is 32.6 Å². The van der Waals surface area contributed by atoms with Gasteiger partial charge in [0.25, 0.3) is 0 Å². The van der Waals surface area contributed by atoms with E-state index in [4.69, 9.17) is 0 Å². The zero-order valence-electron chi connectivity index (χ0n) is 11.2. The molecule has 0 aromatic rings. The highest BCUT2D eigenvalue weighted by Crippen LogP contribution is 2.41. The number of sulfonamides is 1. The van der Waals surface area contributed by atoms with Crippen LogP contribution in [-0.2, 0) is 14.8 Å². The molecule has 0 aromatic carbocycles. The Kier molecular flexibility index (Phi) is 3.69. The van der Waals surface area contributed by atoms with Crippen LogP contribution in [0.5, 0.6) is 0 Å². The number of hydrogen-bond donors (Lipinski definition) is 0. The molecule has 1 atom stereocenters. The van der Waals surface area contributed by atoms with E-state index >= 15 is 0 Å². The molecule has 2 aliphatic rings. The molecule has 2 saturated heterocycles. The monoisotopic (exact) mass is 274 g/mol. The van der Waals surface area contributed by atoms with Gasteiger partial charge in [-0.1, -0.05) is 0 Å². The molecule has 2 rings (SSSR count). The van der Waals surface area contributed by atoms with E-state index in [0.717, 1.165) is 32.4 Å². The number of rotatable bonds is 2. The third-order valence-corrected chi connectivity index (χ3v) is 5.66. The van der Waals surface area contributed by atoms with Crippen LogP contribution in [0.2, 0.25) is 0 Å². The minimum Gasteiger partial charge on any atom is -0.342 e. The molecule has 0 bridgehead atoms. The Hall–Kier alpha value is -0.620. The largest absolute Gasteiger partial charge is 0.342 e. The van der Waals surface area contributed by atoms with E-state index < -0.39 is 10.0 Å². The summed E-state index contributed by atoms with van der Waals surface area (Å²) in [7, 11) is -3.12. The van der Waals surface area contributed by atoms with Gasteiger partial charge in [0, 0.05) is 26.2 Å². The molecular formula is C12H22N2O3S. The molecule has 1 amide bonds. The van der Waals surface area contributed by atoms with Crippen molar-refractivity contribution in [2.75, 3.05) is 32.4 Å². The second-order valence-corrected chi connectivity index (χ2v) is 7.41. The zero-order valence-corrected chi connectivity index (χ0v) is 12.0. The van der Waals surface area contributed by atoms with Crippen LogP contribution in [0.15, 0.2) is 0 Å². The predicted molar refractivity (Wildman–Crippen MR) is 69.6 cm³/mol. The lowest BCUT2D eigenvalue weighted by molar-refractivity contribution is -0.136. The lowest BCUT2D eigenvalue weighted by atomic mass is 9.79. The first-order chi connectivity index (χ1) is 8.39. The van der Waals surface area contributed by atoms with Gasteiger partial charge < -0.3 is 4.90 Å². The maximum atomic E-state index is 12.4. The third-order valence-electron chi connectivity index (χ3n) is 4.35. The topological polar surface area (TPSA) is 57.7 Å². The number of carbonyl (C=O) groups is 1. The first kappa shape index (κ1) is 13.8. The van der Waals surface area contributed by atoms with Crippen molar-refractivity contribution in [3.8, 4) is 0 Å². The average Bonchev–Trinajstić information content (AvgIpc) is 2.50. The lowest BCUT2D eigenvalue weighted by Crippen LogP contribution is -2.36. The summed E-state index contributed by atoms with van der Waals surface area (Å²) >= 11 is 0. The fourth-order valence-corrected chi connectivity index (χ4v) is 4.04. The summed E-state index contributed by atoms with van der Waals surface area (Å²) in [4.78, 5) is 14.3. The van der Waals surface area contributed by atoms with Crippen LogP contribution in [0, 0.1) is 5.41 Å². The molecule has 1 spiro atoms. The van der Waals surface area contributed by atoms with Crippen LogP contribution in [0.25, 0.3) is 0 Å². The highest BCUT2D eigenvalue weighted by molar-refractivity contribution is 7.88. The van der Waals surface area contributed by atoms with E-state index in [1.807, 2.05) is 11.8 Å². The van der Waals surface area contributed by atoms with E-state index in [9.17, 15) is 13.2 Å². The third kappa shape index (κ3) is 2.40. The molecule has 0 radical (unpaired) electrons. The molecule has 1 unspecified atom stereocenters. The number of hydrogen-bond acceptors (Lipinski definition) is 3. The molecule has 0 aliphatic carbocycles. The molecule has 5 nitrogen and oxygen atoms in total. The maximum Gasteiger partial charge on any atom is 0.228 e. The SMILES string of the molecule is CCN1CCC2(CCCN(S(C)(=O)=O)CC2)C1=O. The van der Waals surface area contributed by atoms with Crippen LogP contribution >= 0.6 is 0 Å². The normalized spacial score (nSPS) is 31.0. The minimum atomic E-state index is -3.12. The fourth-order valence-electron chi connectivity index (χ4n) is 3.16. The highest BCUT2D eigenvalue weighted by atomic mass is 32.2. The van der Waals surface area contributed by atoms with Gasteiger partial charge in [0.05, 0.1) is 11.7 Å². The van der Waals surface area contributed by atoms with Gasteiger partial charge in [-0.15, -0.1) is 0 Å². The Morgan fingerprint density at radius 2 is 1.83 bits per heavy atom. The molecule has 0 aromatic heterocycles. The minimum absolute atomic E-state index is 0.236. The number of amides is 1. The Morgan fingerprint density at radius 1 is 1.17 bits per heavy atom. The molecular weight excluding hydrogens is 252 g/mol. The van der Waals surface area contributed by atoms with Crippen LogP contribution in [0.3, 0.4) is 0 Å². The summed E-state index contributed by atoms with van der Waals surface area (Å²) in [5.74, 6) is 0.236. The van der Waals surface area contributed by atoms with Gasteiger partial charge in [-0.2, -0.15) is 0 Å². The van der Waals surface area contributed by atoms with Crippen LogP contribution in [0.4, 0.5) is 0 Å². The Labute approximate surface area is 109 Å². The first-order valence-electron chi connectivity index (χ1n) is 6.63. The van der Waals surface area contributed by atoms with Crippen molar-refractivity contribution in [3.05, 3.63) is 0 Å². The van der Waals surface area contributed by atoms with E-state index in [0.29, 0.717) is 19.5 Å². The van der Waals surface area contributed by atoms with Gasteiger partial charge in [-0.3, -0.25) is 4.79 Å². The smallest absolute Gasteiger partial charge is 0.228 e. The van der Waals surface area contributed by atoms with Gasteiger partial charge >= 0.3 is 0 Å². The first-order valence-corrected chi connectivity index (χ1v) is 8.48. The van der Waals surface area contributed by atoms with Crippen molar-refractivity contribution in [2.45, 2.75) is 32.6 Å². The molecule has 0 N–H and O–H groups in total.